The minimum absolute atomic E-state index is 0.0405. The van der Waals surface area contributed by atoms with Crippen LogP contribution in [-0.2, 0) is 9.53 Å². The minimum atomic E-state index is -0.482. The standard InChI is InChI=1S/C16H26N2O2S/c1-6-12(10-20-5)18-14(13-9-8-11(3)21-13)17-16(4,7-2)15(18)19/h8-9,12,14,17H,6-7,10H2,1-5H3. The number of thiophene rings is 1. The molecule has 0 aliphatic carbocycles. The number of ether oxygens (including phenoxy) is 1. The van der Waals surface area contributed by atoms with Gasteiger partial charge < -0.3 is 9.64 Å². The van der Waals surface area contributed by atoms with E-state index in [1.54, 1.807) is 18.4 Å². The second kappa shape index (κ2) is 6.46. The van der Waals surface area contributed by atoms with Crippen molar-refractivity contribution in [2.45, 2.75) is 58.3 Å². The third kappa shape index (κ3) is 3.00. The van der Waals surface area contributed by atoms with Crippen molar-refractivity contribution in [3.05, 3.63) is 21.9 Å². The topological polar surface area (TPSA) is 41.6 Å². The van der Waals surface area contributed by atoms with E-state index in [1.165, 1.54) is 9.75 Å². The molecule has 3 atom stereocenters. The molecule has 0 spiro atoms. The van der Waals surface area contributed by atoms with Gasteiger partial charge in [-0.25, -0.2) is 0 Å². The van der Waals surface area contributed by atoms with Crippen LogP contribution in [0.5, 0.6) is 0 Å². The van der Waals surface area contributed by atoms with Gasteiger partial charge in [-0.15, -0.1) is 11.3 Å². The second-order valence-corrected chi connectivity index (χ2v) is 7.23. The van der Waals surface area contributed by atoms with Crippen LogP contribution in [0.2, 0.25) is 0 Å². The number of rotatable bonds is 6. The van der Waals surface area contributed by atoms with Crippen LogP contribution in [0.4, 0.5) is 0 Å². The van der Waals surface area contributed by atoms with Crippen LogP contribution in [-0.4, -0.2) is 36.1 Å². The molecule has 1 amide bonds. The lowest BCUT2D eigenvalue weighted by Gasteiger charge is -2.31. The van der Waals surface area contributed by atoms with Gasteiger partial charge in [0.15, 0.2) is 0 Å². The predicted octanol–water partition coefficient (Wildman–Crippen LogP) is 3.08. The van der Waals surface area contributed by atoms with Gasteiger partial charge in [0.25, 0.3) is 0 Å². The van der Waals surface area contributed by atoms with E-state index in [4.69, 9.17) is 4.74 Å². The van der Waals surface area contributed by atoms with Crippen LogP contribution in [0.1, 0.15) is 49.5 Å². The Hall–Kier alpha value is -0.910. The van der Waals surface area contributed by atoms with Gasteiger partial charge in [0, 0.05) is 16.9 Å². The lowest BCUT2D eigenvalue weighted by Crippen LogP contribution is -2.45. The van der Waals surface area contributed by atoms with Crippen molar-refractivity contribution >= 4 is 17.2 Å². The molecule has 21 heavy (non-hydrogen) atoms. The van der Waals surface area contributed by atoms with E-state index in [9.17, 15) is 4.79 Å². The number of carbonyl (C=O) groups is 1. The fourth-order valence-electron chi connectivity index (χ4n) is 2.86. The number of methoxy groups -OCH3 is 1. The van der Waals surface area contributed by atoms with Crippen LogP contribution >= 0.6 is 11.3 Å². The fourth-order valence-corrected chi connectivity index (χ4v) is 3.79. The van der Waals surface area contributed by atoms with E-state index >= 15 is 0 Å². The Morgan fingerprint density at radius 3 is 2.67 bits per heavy atom. The summed E-state index contributed by atoms with van der Waals surface area (Å²) in [6.45, 7) is 8.84. The molecule has 0 bridgehead atoms. The zero-order valence-corrected chi connectivity index (χ0v) is 14.4. The third-order valence-electron chi connectivity index (χ3n) is 4.40. The summed E-state index contributed by atoms with van der Waals surface area (Å²) < 4.78 is 5.33. The van der Waals surface area contributed by atoms with Crippen molar-refractivity contribution in [1.82, 2.24) is 10.2 Å². The van der Waals surface area contributed by atoms with Gasteiger partial charge in [0.2, 0.25) is 5.91 Å². The minimum Gasteiger partial charge on any atom is -0.383 e. The summed E-state index contributed by atoms with van der Waals surface area (Å²) in [4.78, 5) is 17.4. The molecule has 0 saturated carbocycles. The number of carbonyl (C=O) groups excluding carboxylic acids is 1. The van der Waals surface area contributed by atoms with E-state index in [0.717, 1.165) is 12.8 Å². The van der Waals surface area contributed by atoms with Crippen LogP contribution in [0.25, 0.3) is 0 Å². The van der Waals surface area contributed by atoms with Crippen molar-refractivity contribution in [2.75, 3.05) is 13.7 Å². The van der Waals surface area contributed by atoms with Crippen molar-refractivity contribution in [3.63, 3.8) is 0 Å². The molecular formula is C16H26N2O2S. The van der Waals surface area contributed by atoms with Gasteiger partial charge in [0.1, 0.15) is 6.17 Å². The lowest BCUT2D eigenvalue weighted by molar-refractivity contribution is -0.136. The molecule has 5 heteroatoms. The van der Waals surface area contributed by atoms with E-state index < -0.39 is 5.54 Å². The van der Waals surface area contributed by atoms with Crippen LogP contribution in [0.15, 0.2) is 12.1 Å². The normalized spacial score (nSPS) is 27.4. The van der Waals surface area contributed by atoms with Gasteiger partial charge in [0.05, 0.1) is 18.2 Å². The van der Waals surface area contributed by atoms with E-state index in [1.807, 2.05) is 11.8 Å². The summed E-state index contributed by atoms with van der Waals surface area (Å²) in [6.07, 6.45) is 1.63. The molecule has 1 aliphatic heterocycles. The highest BCUT2D eigenvalue weighted by Crippen LogP contribution is 2.37. The Kier molecular flexibility index (Phi) is 5.07. The molecular weight excluding hydrogens is 284 g/mol. The van der Waals surface area contributed by atoms with E-state index in [0.29, 0.717) is 6.61 Å². The molecule has 1 fully saturated rings. The number of nitrogens with zero attached hydrogens (tertiary/aromatic N) is 1. The molecule has 2 heterocycles. The lowest BCUT2D eigenvalue weighted by atomic mass is 9.99. The Bertz CT molecular complexity index is 502. The number of nitrogens with one attached hydrogen (secondary N) is 1. The van der Waals surface area contributed by atoms with Gasteiger partial charge in [-0.1, -0.05) is 13.8 Å². The summed E-state index contributed by atoms with van der Waals surface area (Å²) in [5, 5.41) is 3.55. The summed E-state index contributed by atoms with van der Waals surface area (Å²) >= 11 is 1.75. The SMILES string of the molecule is CCC(COC)N1C(=O)C(C)(CC)NC1c1ccc(C)s1. The van der Waals surface area contributed by atoms with E-state index in [-0.39, 0.29) is 18.1 Å². The molecule has 118 valence electrons. The van der Waals surface area contributed by atoms with Crippen molar-refractivity contribution in [3.8, 4) is 0 Å². The molecule has 1 aromatic rings. The zero-order valence-electron chi connectivity index (χ0n) is 13.6. The van der Waals surface area contributed by atoms with Crippen LogP contribution < -0.4 is 5.32 Å². The van der Waals surface area contributed by atoms with Gasteiger partial charge in [-0.05, 0) is 38.8 Å². The van der Waals surface area contributed by atoms with Crippen LogP contribution in [0.3, 0.4) is 0 Å². The Morgan fingerprint density at radius 1 is 1.48 bits per heavy atom. The quantitative estimate of drug-likeness (QED) is 0.878. The number of amides is 1. The smallest absolute Gasteiger partial charge is 0.244 e. The first kappa shape index (κ1) is 16.5. The molecule has 4 nitrogen and oxygen atoms in total. The maximum absolute atomic E-state index is 12.9. The molecule has 3 unspecified atom stereocenters. The fraction of sp³-hybridized carbons (Fsp3) is 0.688. The summed E-state index contributed by atoms with van der Waals surface area (Å²) in [6, 6.07) is 4.35. The summed E-state index contributed by atoms with van der Waals surface area (Å²) in [5.41, 5.74) is -0.482. The second-order valence-electron chi connectivity index (χ2n) is 5.91. The Labute approximate surface area is 131 Å². The maximum atomic E-state index is 12.9. The molecule has 2 rings (SSSR count). The van der Waals surface area contributed by atoms with Crippen molar-refractivity contribution in [1.29, 1.82) is 0 Å². The molecule has 0 radical (unpaired) electrons. The van der Waals surface area contributed by atoms with Gasteiger partial charge in [-0.3, -0.25) is 10.1 Å². The number of hydrogen-bond donors (Lipinski definition) is 1. The largest absolute Gasteiger partial charge is 0.383 e. The van der Waals surface area contributed by atoms with Crippen molar-refractivity contribution < 1.29 is 9.53 Å². The molecule has 0 aromatic carbocycles. The highest BCUT2D eigenvalue weighted by atomic mass is 32.1. The molecule has 1 aromatic heterocycles. The first-order valence-electron chi connectivity index (χ1n) is 7.62. The number of hydrogen-bond acceptors (Lipinski definition) is 4. The average Bonchev–Trinajstić information content (AvgIpc) is 3.00. The summed E-state index contributed by atoms with van der Waals surface area (Å²) in [5.74, 6) is 0.185. The van der Waals surface area contributed by atoms with Crippen molar-refractivity contribution in [2.24, 2.45) is 0 Å². The molecule has 1 saturated heterocycles. The predicted molar refractivity (Wildman–Crippen MR) is 86.4 cm³/mol. The highest BCUT2D eigenvalue weighted by molar-refractivity contribution is 7.12. The summed E-state index contributed by atoms with van der Waals surface area (Å²) in [7, 11) is 1.69. The average molecular weight is 310 g/mol. The zero-order chi connectivity index (χ0) is 15.6. The van der Waals surface area contributed by atoms with E-state index in [2.05, 4.69) is 38.2 Å². The molecule has 1 aliphatic rings. The first-order chi connectivity index (χ1) is 9.96. The monoisotopic (exact) mass is 310 g/mol. The first-order valence-corrected chi connectivity index (χ1v) is 8.44. The van der Waals surface area contributed by atoms with Gasteiger partial charge in [-0.2, -0.15) is 0 Å². The highest BCUT2D eigenvalue weighted by Gasteiger charge is 2.49. The van der Waals surface area contributed by atoms with Gasteiger partial charge >= 0.3 is 0 Å². The third-order valence-corrected chi connectivity index (χ3v) is 5.45. The maximum Gasteiger partial charge on any atom is 0.244 e. The Morgan fingerprint density at radius 2 is 2.19 bits per heavy atom. The Balaban J connectivity index is 2.37. The molecule has 1 N–H and O–H groups in total. The number of aryl methyl sites for hydroxylation is 1. The van der Waals surface area contributed by atoms with Crippen LogP contribution in [0, 0.1) is 6.92 Å².